The molecule has 2 N–H and O–H groups in total. The summed E-state index contributed by atoms with van der Waals surface area (Å²) >= 11 is 0. The molecular weight excluding hydrogens is 500 g/mol. The summed E-state index contributed by atoms with van der Waals surface area (Å²) in [4.78, 5) is 12.5. The predicted molar refractivity (Wildman–Crippen MR) is 181 cm³/mol. The SMILES string of the molecule is C=C/C=C\C(=C/C)C(/C=C\C(=C)CCc1cccc(C(=C)Nc2nc3ccc(CC(=C)C(C)(C)C)cc3[nH]2)c1)=NC. The molecule has 0 unspecified atom stereocenters. The number of nitrogens with one attached hydrogen (secondary N) is 2. The average molecular weight is 545 g/mol. The number of H-pyrrole nitrogens is 1. The molecule has 41 heavy (non-hydrogen) atoms. The lowest BCUT2D eigenvalue weighted by Crippen LogP contribution is -2.10. The monoisotopic (exact) mass is 544 g/mol. The molecule has 0 fully saturated rings. The van der Waals surface area contributed by atoms with E-state index in [0.717, 1.165) is 58.4 Å². The first-order valence-electron chi connectivity index (χ1n) is 14.0. The molecule has 0 saturated carbocycles. The zero-order valence-electron chi connectivity index (χ0n) is 25.3. The Morgan fingerprint density at radius 3 is 2.49 bits per heavy atom. The lowest BCUT2D eigenvalue weighted by Gasteiger charge is -2.21. The number of imidazole rings is 1. The number of aromatic amines is 1. The van der Waals surface area contributed by atoms with Crippen molar-refractivity contribution in [1.82, 2.24) is 9.97 Å². The van der Waals surface area contributed by atoms with Crippen LogP contribution in [0.15, 0.2) is 127 Å². The Bertz CT molecular complexity index is 1550. The molecule has 0 aliphatic rings. The van der Waals surface area contributed by atoms with E-state index in [1.165, 1.54) is 16.7 Å². The first-order chi connectivity index (χ1) is 19.5. The second-order valence-electron chi connectivity index (χ2n) is 11.2. The van der Waals surface area contributed by atoms with E-state index in [2.05, 4.69) is 105 Å². The molecule has 0 saturated heterocycles. The summed E-state index contributed by atoms with van der Waals surface area (Å²) in [5, 5.41) is 3.36. The van der Waals surface area contributed by atoms with Gasteiger partial charge in [0.1, 0.15) is 0 Å². The molecular formula is C37H44N4. The molecule has 212 valence electrons. The summed E-state index contributed by atoms with van der Waals surface area (Å²) in [7, 11) is 1.80. The van der Waals surface area contributed by atoms with Gasteiger partial charge < -0.3 is 10.3 Å². The maximum absolute atomic E-state index is 4.71. The number of nitrogens with zero attached hydrogens (tertiary/aromatic N) is 2. The van der Waals surface area contributed by atoms with E-state index in [0.29, 0.717) is 5.95 Å². The van der Waals surface area contributed by atoms with Gasteiger partial charge in [-0.25, -0.2) is 4.98 Å². The van der Waals surface area contributed by atoms with Gasteiger partial charge in [-0.05, 0) is 78.1 Å². The van der Waals surface area contributed by atoms with Crippen LogP contribution in [0.4, 0.5) is 5.95 Å². The van der Waals surface area contributed by atoms with Gasteiger partial charge in [-0.15, -0.1) is 0 Å². The molecule has 3 aromatic rings. The first kappa shape index (κ1) is 31.1. The molecule has 0 bridgehead atoms. The smallest absolute Gasteiger partial charge is 0.205 e. The molecule has 0 spiro atoms. The topological polar surface area (TPSA) is 53.1 Å². The van der Waals surface area contributed by atoms with Gasteiger partial charge in [0.2, 0.25) is 5.95 Å². The first-order valence-corrected chi connectivity index (χ1v) is 14.0. The number of hydrogen-bond acceptors (Lipinski definition) is 3. The Kier molecular flexibility index (Phi) is 10.8. The van der Waals surface area contributed by atoms with Gasteiger partial charge in [0.25, 0.3) is 0 Å². The molecule has 3 rings (SSSR count). The number of aryl methyl sites for hydroxylation is 1. The van der Waals surface area contributed by atoms with E-state index >= 15 is 0 Å². The molecule has 0 aliphatic carbocycles. The summed E-state index contributed by atoms with van der Waals surface area (Å²) in [6, 6.07) is 14.8. The highest BCUT2D eigenvalue weighted by atomic mass is 15.1. The van der Waals surface area contributed by atoms with Gasteiger partial charge in [-0.3, -0.25) is 4.99 Å². The number of fused-ring (bicyclic) bond motifs is 1. The maximum atomic E-state index is 4.71. The number of aromatic nitrogens is 2. The van der Waals surface area contributed by atoms with Crippen molar-refractivity contribution in [2.24, 2.45) is 10.4 Å². The van der Waals surface area contributed by atoms with Crippen molar-refractivity contribution in [1.29, 1.82) is 0 Å². The lowest BCUT2D eigenvalue weighted by molar-refractivity contribution is 0.494. The number of rotatable bonds is 13. The summed E-state index contributed by atoms with van der Waals surface area (Å²) < 4.78 is 0. The molecule has 0 atom stereocenters. The van der Waals surface area contributed by atoms with Crippen molar-refractivity contribution >= 4 is 28.4 Å². The van der Waals surface area contributed by atoms with Crippen LogP contribution >= 0.6 is 0 Å². The molecule has 0 amide bonds. The largest absolute Gasteiger partial charge is 0.326 e. The Labute approximate surface area is 246 Å². The Hall–Kier alpha value is -4.44. The Morgan fingerprint density at radius 1 is 1.02 bits per heavy atom. The van der Waals surface area contributed by atoms with Crippen LogP contribution in [0.3, 0.4) is 0 Å². The standard InChI is InChI=1S/C37H44N4/c1-10-12-15-31(11-2)33(38-9)21-18-26(3)17-19-29-14-13-16-32(24-29)28(5)39-36-40-34-22-20-30(25-35(34)41-36)23-27(4)37(6,7)8/h10-16,18,20-22,24-25H,1,3-5,17,19,23H2,2,6-9H3,(H2,39,40,41)/b15-12-,21-18-,31-11+,38-33?. The third-order valence-electron chi connectivity index (χ3n) is 7.04. The van der Waals surface area contributed by atoms with E-state index in [9.17, 15) is 0 Å². The van der Waals surface area contributed by atoms with Gasteiger partial charge in [-0.2, -0.15) is 0 Å². The fraction of sp³-hybridized carbons (Fsp3) is 0.243. The third-order valence-corrected chi connectivity index (χ3v) is 7.04. The second kappa shape index (κ2) is 14.3. The van der Waals surface area contributed by atoms with E-state index in [1.54, 1.807) is 13.1 Å². The molecule has 2 aromatic carbocycles. The van der Waals surface area contributed by atoms with Crippen LogP contribution in [0.5, 0.6) is 0 Å². The minimum Gasteiger partial charge on any atom is -0.326 e. The molecule has 4 nitrogen and oxygen atoms in total. The van der Waals surface area contributed by atoms with Crippen LogP contribution in [-0.4, -0.2) is 22.7 Å². The van der Waals surface area contributed by atoms with Gasteiger partial charge in [0, 0.05) is 12.7 Å². The average Bonchev–Trinajstić information content (AvgIpc) is 3.34. The number of hydrogen-bond donors (Lipinski definition) is 2. The summed E-state index contributed by atoms with van der Waals surface area (Å²) in [6.45, 7) is 25.1. The highest BCUT2D eigenvalue weighted by Crippen LogP contribution is 2.28. The van der Waals surface area contributed by atoms with Crippen LogP contribution < -0.4 is 5.32 Å². The van der Waals surface area contributed by atoms with Crippen LogP contribution in [0, 0.1) is 5.41 Å². The number of aliphatic imine (C=N–C) groups is 1. The van der Waals surface area contributed by atoms with Crippen LogP contribution in [0.25, 0.3) is 16.7 Å². The van der Waals surface area contributed by atoms with Gasteiger partial charge in [0.15, 0.2) is 0 Å². The van der Waals surface area contributed by atoms with Crippen molar-refractivity contribution in [2.75, 3.05) is 12.4 Å². The van der Waals surface area contributed by atoms with E-state index < -0.39 is 0 Å². The van der Waals surface area contributed by atoms with Crippen LogP contribution in [0.1, 0.15) is 50.8 Å². The number of allylic oxidation sites excluding steroid dienone is 9. The molecule has 1 heterocycles. The molecule has 4 heteroatoms. The van der Waals surface area contributed by atoms with Crippen LogP contribution in [0.2, 0.25) is 0 Å². The maximum Gasteiger partial charge on any atom is 0.205 e. The Balaban J connectivity index is 1.62. The molecule has 0 aliphatic heterocycles. The van der Waals surface area contributed by atoms with Gasteiger partial charge in [-0.1, -0.05) is 113 Å². The highest BCUT2D eigenvalue weighted by Gasteiger charge is 2.15. The minimum atomic E-state index is 0.0819. The number of anilines is 1. The van der Waals surface area contributed by atoms with Crippen LogP contribution in [-0.2, 0) is 12.8 Å². The minimum absolute atomic E-state index is 0.0819. The summed E-state index contributed by atoms with van der Waals surface area (Å²) in [5.74, 6) is 0.678. The number of benzene rings is 2. The van der Waals surface area contributed by atoms with Crippen molar-refractivity contribution in [2.45, 2.75) is 47.0 Å². The Morgan fingerprint density at radius 2 is 1.80 bits per heavy atom. The summed E-state index contributed by atoms with van der Waals surface area (Å²) in [6.07, 6.45) is 14.3. The normalized spacial score (nSPS) is 12.8. The van der Waals surface area contributed by atoms with Crippen molar-refractivity contribution in [3.8, 4) is 0 Å². The van der Waals surface area contributed by atoms with Crippen molar-refractivity contribution in [3.05, 3.63) is 139 Å². The fourth-order valence-corrected chi connectivity index (χ4v) is 4.25. The van der Waals surface area contributed by atoms with Crippen molar-refractivity contribution in [3.63, 3.8) is 0 Å². The van der Waals surface area contributed by atoms with E-state index in [4.69, 9.17) is 4.98 Å². The van der Waals surface area contributed by atoms with E-state index in [-0.39, 0.29) is 5.41 Å². The van der Waals surface area contributed by atoms with Gasteiger partial charge >= 0.3 is 0 Å². The molecule has 1 aromatic heterocycles. The summed E-state index contributed by atoms with van der Waals surface area (Å²) in [5.41, 5.74) is 10.5. The second-order valence-corrected chi connectivity index (χ2v) is 11.2. The quantitative estimate of drug-likeness (QED) is 0.128. The zero-order valence-corrected chi connectivity index (χ0v) is 25.3. The van der Waals surface area contributed by atoms with Gasteiger partial charge in [0.05, 0.1) is 16.7 Å². The van der Waals surface area contributed by atoms with E-state index in [1.807, 2.05) is 37.3 Å². The zero-order chi connectivity index (χ0) is 30.0. The highest BCUT2D eigenvalue weighted by molar-refractivity contribution is 6.10. The predicted octanol–water partition coefficient (Wildman–Crippen LogP) is 9.59. The third kappa shape index (κ3) is 9.04. The van der Waals surface area contributed by atoms with Crippen molar-refractivity contribution < 1.29 is 0 Å². The lowest BCUT2D eigenvalue weighted by atomic mass is 9.84. The molecule has 0 radical (unpaired) electrons. The fourth-order valence-electron chi connectivity index (χ4n) is 4.25.